The Balaban J connectivity index is 2.15. The molecule has 1 unspecified atom stereocenters. The quantitative estimate of drug-likeness (QED) is 0.0690. The van der Waals surface area contributed by atoms with Crippen molar-refractivity contribution in [2.45, 2.75) is 232 Å². The standard InChI is InChI=1S/C40H80N2/c1-4-7-10-13-16-18-20-21-22-24-26-28-31-34-37-42-39-38-41(40(42)35-32-29-15-12-9-6-3)36-33-30-27-25-23-19-17-14-11-8-5-2/h38-40H,4-37H2,1-3H3. The maximum absolute atomic E-state index is 2.71. The molecule has 0 bridgehead atoms. The van der Waals surface area contributed by atoms with E-state index in [4.69, 9.17) is 0 Å². The van der Waals surface area contributed by atoms with Crippen LogP contribution < -0.4 is 0 Å². The molecule has 1 atom stereocenters. The molecule has 0 fully saturated rings. The second-order valence-electron chi connectivity index (χ2n) is 13.9. The summed E-state index contributed by atoms with van der Waals surface area (Å²) in [7, 11) is 0. The van der Waals surface area contributed by atoms with Crippen molar-refractivity contribution >= 4 is 0 Å². The van der Waals surface area contributed by atoms with Crippen LogP contribution in [0.25, 0.3) is 0 Å². The van der Waals surface area contributed by atoms with Crippen molar-refractivity contribution in [3.63, 3.8) is 0 Å². The molecule has 0 aliphatic carbocycles. The third kappa shape index (κ3) is 23.8. The molecule has 1 rings (SSSR count). The first-order valence-corrected chi connectivity index (χ1v) is 20.0. The number of nitrogens with zero attached hydrogens (tertiary/aromatic N) is 2. The Hall–Kier alpha value is -0.660. The Labute approximate surface area is 267 Å². The lowest BCUT2D eigenvalue weighted by atomic mass is 10.0. The fourth-order valence-corrected chi connectivity index (χ4v) is 6.89. The van der Waals surface area contributed by atoms with Gasteiger partial charge in [-0.3, -0.25) is 0 Å². The monoisotopic (exact) mass is 589 g/mol. The van der Waals surface area contributed by atoms with Gasteiger partial charge in [0.05, 0.1) is 0 Å². The lowest BCUT2D eigenvalue weighted by Gasteiger charge is -2.33. The molecule has 250 valence electrons. The van der Waals surface area contributed by atoms with E-state index in [0.29, 0.717) is 6.17 Å². The van der Waals surface area contributed by atoms with Gasteiger partial charge < -0.3 is 9.80 Å². The molecule has 0 N–H and O–H groups in total. The maximum atomic E-state index is 2.71. The van der Waals surface area contributed by atoms with Gasteiger partial charge >= 0.3 is 0 Å². The van der Waals surface area contributed by atoms with Crippen molar-refractivity contribution in [1.29, 1.82) is 0 Å². The molecular weight excluding hydrogens is 508 g/mol. The van der Waals surface area contributed by atoms with Crippen LogP contribution in [0.3, 0.4) is 0 Å². The number of unbranched alkanes of at least 4 members (excludes halogenated alkanes) is 28. The van der Waals surface area contributed by atoms with Crippen molar-refractivity contribution < 1.29 is 0 Å². The van der Waals surface area contributed by atoms with Gasteiger partial charge in [0.2, 0.25) is 0 Å². The van der Waals surface area contributed by atoms with Crippen LogP contribution in [-0.4, -0.2) is 29.1 Å². The number of hydrogen-bond donors (Lipinski definition) is 0. The summed E-state index contributed by atoms with van der Waals surface area (Å²) in [5.41, 5.74) is 0. The zero-order valence-corrected chi connectivity index (χ0v) is 29.7. The molecule has 42 heavy (non-hydrogen) atoms. The second kappa shape index (κ2) is 31.8. The average Bonchev–Trinajstić information content (AvgIpc) is 3.38. The van der Waals surface area contributed by atoms with Gasteiger partial charge in [0.25, 0.3) is 0 Å². The molecule has 0 spiro atoms. The average molecular weight is 589 g/mol. The van der Waals surface area contributed by atoms with Gasteiger partial charge in [-0.25, -0.2) is 0 Å². The summed E-state index contributed by atoms with van der Waals surface area (Å²) in [6.07, 6.45) is 51.4. The highest BCUT2D eigenvalue weighted by Crippen LogP contribution is 2.24. The van der Waals surface area contributed by atoms with Crippen molar-refractivity contribution in [2.75, 3.05) is 13.1 Å². The summed E-state index contributed by atoms with van der Waals surface area (Å²) in [6, 6.07) is 0. The van der Waals surface area contributed by atoms with Gasteiger partial charge in [0.1, 0.15) is 6.17 Å². The smallest absolute Gasteiger partial charge is 0.101 e. The van der Waals surface area contributed by atoms with Gasteiger partial charge in [0.15, 0.2) is 0 Å². The minimum atomic E-state index is 0.640. The zero-order valence-electron chi connectivity index (χ0n) is 29.7. The van der Waals surface area contributed by atoms with Crippen molar-refractivity contribution in [1.82, 2.24) is 9.80 Å². The highest BCUT2D eigenvalue weighted by Gasteiger charge is 2.24. The minimum absolute atomic E-state index is 0.640. The summed E-state index contributed by atoms with van der Waals surface area (Å²) < 4.78 is 0. The van der Waals surface area contributed by atoms with Crippen molar-refractivity contribution in [2.24, 2.45) is 0 Å². The summed E-state index contributed by atoms with van der Waals surface area (Å²) in [4.78, 5) is 5.43. The predicted octanol–water partition coefficient (Wildman–Crippen LogP) is 13.9. The third-order valence-corrected chi connectivity index (χ3v) is 9.82. The summed E-state index contributed by atoms with van der Waals surface area (Å²) in [5.74, 6) is 0. The van der Waals surface area contributed by atoms with Gasteiger partial charge in [-0.1, -0.05) is 201 Å². The Morgan fingerprint density at radius 1 is 0.310 bits per heavy atom. The van der Waals surface area contributed by atoms with E-state index in [2.05, 4.69) is 43.0 Å². The van der Waals surface area contributed by atoms with Crippen LogP contribution in [0.5, 0.6) is 0 Å². The van der Waals surface area contributed by atoms with E-state index < -0.39 is 0 Å². The second-order valence-corrected chi connectivity index (χ2v) is 13.9. The Bertz CT molecular complexity index is 544. The van der Waals surface area contributed by atoms with Gasteiger partial charge in [-0.05, 0) is 25.7 Å². The van der Waals surface area contributed by atoms with Crippen LogP contribution in [-0.2, 0) is 0 Å². The van der Waals surface area contributed by atoms with E-state index in [1.54, 1.807) is 0 Å². The van der Waals surface area contributed by atoms with E-state index in [1.165, 1.54) is 219 Å². The number of rotatable bonds is 34. The Morgan fingerprint density at radius 2 is 0.548 bits per heavy atom. The van der Waals surface area contributed by atoms with E-state index in [0.717, 1.165) is 0 Å². The van der Waals surface area contributed by atoms with E-state index in [1.807, 2.05) is 0 Å². The van der Waals surface area contributed by atoms with Crippen molar-refractivity contribution in [3.8, 4) is 0 Å². The molecule has 0 aromatic heterocycles. The van der Waals surface area contributed by atoms with Gasteiger partial charge in [0, 0.05) is 25.5 Å². The topological polar surface area (TPSA) is 6.48 Å². The molecule has 0 aromatic rings. The van der Waals surface area contributed by atoms with E-state index in [-0.39, 0.29) is 0 Å². The van der Waals surface area contributed by atoms with E-state index >= 15 is 0 Å². The first kappa shape index (κ1) is 39.4. The van der Waals surface area contributed by atoms with Gasteiger partial charge in [-0.15, -0.1) is 0 Å². The first-order valence-electron chi connectivity index (χ1n) is 20.0. The molecule has 0 amide bonds. The first-order chi connectivity index (χ1) is 20.8. The van der Waals surface area contributed by atoms with Crippen LogP contribution in [0.1, 0.15) is 226 Å². The van der Waals surface area contributed by atoms with Crippen molar-refractivity contribution in [3.05, 3.63) is 12.4 Å². The molecule has 2 nitrogen and oxygen atoms in total. The summed E-state index contributed by atoms with van der Waals surface area (Å²) >= 11 is 0. The fourth-order valence-electron chi connectivity index (χ4n) is 6.89. The Kier molecular flexibility index (Phi) is 29.8. The lowest BCUT2D eigenvalue weighted by Crippen LogP contribution is -2.39. The molecule has 1 aliphatic rings. The summed E-state index contributed by atoms with van der Waals surface area (Å²) in [6.45, 7) is 9.48. The third-order valence-electron chi connectivity index (χ3n) is 9.82. The van der Waals surface area contributed by atoms with Crippen LogP contribution in [0.15, 0.2) is 12.4 Å². The van der Waals surface area contributed by atoms with E-state index in [9.17, 15) is 0 Å². The maximum Gasteiger partial charge on any atom is 0.101 e. The highest BCUT2D eigenvalue weighted by molar-refractivity contribution is 4.97. The van der Waals surface area contributed by atoms with Crippen LogP contribution in [0, 0.1) is 0 Å². The molecule has 0 saturated heterocycles. The largest absolute Gasteiger partial charge is 0.356 e. The summed E-state index contributed by atoms with van der Waals surface area (Å²) in [5, 5.41) is 0. The van der Waals surface area contributed by atoms with Crippen LogP contribution >= 0.6 is 0 Å². The number of hydrogen-bond acceptors (Lipinski definition) is 2. The fraction of sp³-hybridized carbons (Fsp3) is 0.950. The minimum Gasteiger partial charge on any atom is -0.356 e. The molecule has 0 aromatic carbocycles. The van der Waals surface area contributed by atoms with Crippen LogP contribution in [0.4, 0.5) is 0 Å². The normalized spacial score (nSPS) is 15.0. The predicted molar refractivity (Wildman–Crippen MR) is 191 cm³/mol. The molecule has 0 radical (unpaired) electrons. The van der Waals surface area contributed by atoms with Crippen LogP contribution in [0.2, 0.25) is 0 Å². The molecule has 1 aliphatic heterocycles. The lowest BCUT2D eigenvalue weighted by molar-refractivity contribution is 0.135. The molecule has 0 saturated carbocycles. The highest BCUT2D eigenvalue weighted by atomic mass is 15.4. The zero-order chi connectivity index (χ0) is 30.2. The Morgan fingerprint density at radius 3 is 0.833 bits per heavy atom. The molecular formula is C40H80N2. The van der Waals surface area contributed by atoms with Gasteiger partial charge in [-0.2, -0.15) is 0 Å². The molecule has 2 heteroatoms. The molecule has 1 heterocycles. The SMILES string of the molecule is CCCCCCCCCCCCCCCCN1C=CN(CCCCCCCCCCCCC)C1CCCCCCCC.